The highest BCUT2D eigenvalue weighted by atomic mass is 16.5. The number of hydrogen-bond donors (Lipinski definition) is 1. The summed E-state index contributed by atoms with van der Waals surface area (Å²) in [6.07, 6.45) is 4.62. The smallest absolute Gasteiger partial charge is 0.338 e. The fourth-order valence-corrected chi connectivity index (χ4v) is 1.89. The summed E-state index contributed by atoms with van der Waals surface area (Å²) >= 11 is 0. The Morgan fingerprint density at radius 2 is 2.00 bits per heavy atom. The molecule has 1 aromatic carbocycles. The second kappa shape index (κ2) is 6.04. The maximum absolute atomic E-state index is 11.9. The fourth-order valence-electron chi connectivity index (χ4n) is 1.89. The van der Waals surface area contributed by atoms with Gasteiger partial charge in [-0.25, -0.2) is 14.5 Å². The minimum atomic E-state index is -0.551. The van der Waals surface area contributed by atoms with Crippen LogP contribution in [-0.4, -0.2) is 38.1 Å². The second-order valence-corrected chi connectivity index (χ2v) is 4.47. The molecule has 7 heteroatoms. The number of H-pyrrole nitrogens is 1. The Balaban J connectivity index is 1.62. The fraction of sp³-hybridized carbons (Fsp3) is 0.0667. The molecule has 0 saturated heterocycles. The van der Waals surface area contributed by atoms with Gasteiger partial charge in [-0.2, -0.15) is 5.10 Å². The first-order valence-electron chi connectivity index (χ1n) is 6.53. The van der Waals surface area contributed by atoms with E-state index in [1.54, 1.807) is 53.6 Å². The summed E-state index contributed by atoms with van der Waals surface area (Å²) in [4.78, 5) is 30.2. The summed E-state index contributed by atoms with van der Waals surface area (Å²) in [6.45, 7) is -0.301. The van der Waals surface area contributed by atoms with E-state index in [2.05, 4.69) is 15.1 Å². The normalized spacial score (nSPS) is 10.4. The molecule has 2 heterocycles. The van der Waals surface area contributed by atoms with Crippen molar-refractivity contribution in [2.24, 2.45) is 0 Å². The van der Waals surface area contributed by atoms with Crippen LogP contribution in [0.3, 0.4) is 0 Å². The van der Waals surface area contributed by atoms with E-state index in [0.717, 1.165) is 5.69 Å². The van der Waals surface area contributed by atoms with Crippen molar-refractivity contribution in [2.45, 2.75) is 0 Å². The topological polar surface area (TPSA) is 89.9 Å². The van der Waals surface area contributed by atoms with E-state index in [1.807, 2.05) is 0 Å². The van der Waals surface area contributed by atoms with E-state index >= 15 is 0 Å². The molecular weight excluding hydrogens is 284 g/mol. The van der Waals surface area contributed by atoms with Crippen molar-refractivity contribution in [3.8, 4) is 5.69 Å². The van der Waals surface area contributed by atoms with E-state index in [9.17, 15) is 9.59 Å². The van der Waals surface area contributed by atoms with E-state index in [0.29, 0.717) is 11.3 Å². The van der Waals surface area contributed by atoms with Crippen LogP contribution < -0.4 is 0 Å². The number of benzene rings is 1. The molecule has 22 heavy (non-hydrogen) atoms. The number of ether oxygens (including phenoxy) is 1. The number of rotatable bonds is 5. The van der Waals surface area contributed by atoms with Gasteiger partial charge in [-0.1, -0.05) is 0 Å². The zero-order chi connectivity index (χ0) is 15.4. The van der Waals surface area contributed by atoms with Crippen LogP contribution in [0.2, 0.25) is 0 Å². The molecule has 0 unspecified atom stereocenters. The van der Waals surface area contributed by atoms with Crippen molar-refractivity contribution in [1.29, 1.82) is 0 Å². The first kappa shape index (κ1) is 13.7. The van der Waals surface area contributed by atoms with Crippen molar-refractivity contribution in [3.63, 3.8) is 0 Å². The summed E-state index contributed by atoms with van der Waals surface area (Å²) in [5.74, 6) is -0.831. The van der Waals surface area contributed by atoms with E-state index in [4.69, 9.17) is 4.74 Å². The predicted molar refractivity (Wildman–Crippen MR) is 76.8 cm³/mol. The van der Waals surface area contributed by atoms with Crippen molar-refractivity contribution in [3.05, 3.63) is 66.5 Å². The lowest BCUT2D eigenvalue weighted by Gasteiger charge is -2.05. The van der Waals surface area contributed by atoms with Crippen molar-refractivity contribution < 1.29 is 14.3 Å². The Morgan fingerprint density at radius 3 is 2.64 bits per heavy atom. The largest absolute Gasteiger partial charge is 0.454 e. The molecule has 0 bridgehead atoms. The average Bonchev–Trinajstić information content (AvgIpc) is 3.25. The summed E-state index contributed by atoms with van der Waals surface area (Å²) < 4.78 is 6.57. The molecule has 0 spiro atoms. The summed E-state index contributed by atoms with van der Waals surface area (Å²) in [6, 6.07) is 9.99. The maximum Gasteiger partial charge on any atom is 0.338 e. The van der Waals surface area contributed by atoms with Gasteiger partial charge in [0.1, 0.15) is 12.7 Å². The molecule has 0 amide bonds. The number of carbonyl (C=O) groups excluding carboxylic acids is 2. The van der Waals surface area contributed by atoms with Crippen molar-refractivity contribution >= 4 is 11.8 Å². The van der Waals surface area contributed by atoms with Gasteiger partial charge >= 0.3 is 5.97 Å². The summed E-state index contributed by atoms with van der Waals surface area (Å²) in [7, 11) is 0. The molecule has 0 aliphatic rings. The number of ketones is 1. The van der Waals surface area contributed by atoms with Gasteiger partial charge in [-0.15, -0.1) is 0 Å². The number of carbonyl (C=O) groups is 2. The lowest BCUT2D eigenvalue weighted by atomic mass is 10.2. The Kier molecular flexibility index (Phi) is 3.78. The predicted octanol–water partition coefficient (Wildman–Crippen LogP) is 1.64. The van der Waals surface area contributed by atoms with Gasteiger partial charge in [-0.05, 0) is 36.4 Å². The van der Waals surface area contributed by atoms with Gasteiger partial charge in [-0.3, -0.25) is 4.79 Å². The molecular formula is C15H12N4O3. The van der Waals surface area contributed by atoms with Gasteiger partial charge in [0, 0.05) is 6.20 Å². The third kappa shape index (κ3) is 2.93. The third-order valence-corrected chi connectivity index (χ3v) is 3.02. The van der Waals surface area contributed by atoms with Crippen LogP contribution in [0.1, 0.15) is 20.8 Å². The first-order chi connectivity index (χ1) is 10.7. The van der Waals surface area contributed by atoms with Gasteiger partial charge in [0.15, 0.2) is 6.61 Å². The van der Waals surface area contributed by atoms with Crippen molar-refractivity contribution in [1.82, 2.24) is 19.7 Å². The minimum absolute atomic E-state index is 0.280. The molecule has 3 aromatic rings. The van der Waals surface area contributed by atoms with E-state index in [1.165, 1.54) is 6.33 Å². The molecule has 110 valence electrons. The average molecular weight is 296 g/mol. The number of esters is 1. The highest BCUT2D eigenvalue weighted by molar-refractivity contribution is 5.98. The molecule has 3 rings (SSSR count). The zero-order valence-electron chi connectivity index (χ0n) is 11.5. The van der Waals surface area contributed by atoms with Gasteiger partial charge in [0.2, 0.25) is 5.78 Å². The number of nitrogens with zero attached hydrogens (tertiary/aromatic N) is 3. The Bertz CT molecular complexity index is 762. The number of aromatic amines is 1. The van der Waals surface area contributed by atoms with Crippen LogP contribution in [0, 0.1) is 0 Å². The van der Waals surface area contributed by atoms with Crippen LogP contribution >= 0.6 is 0 Å². The van der Waals surface area contributed by atoms with Crippen LogP contribution in [0.15, 0.2) is 55.2 Å². The Labute approximate surface area is 125 Å². The number of aromatic nitrogens is 4. The molecule has 0 fully saturated rings. The SMILES string of the molecule is O=C(OCC(=O)c1ccc[nH]1)c1ccc(-n2cncn2)cc1. The standard InChI is InChI=1S/C15H12N4O3/c20-14(13-2-1-7-17-13)8-22-15(21)11-3-5-12(6-4-11)19-10-16-9-18-19/h1-7,9-10,17H,8H2. The van der Waals surface area contributed by atoms with Crippen molar-refractivity contribution in [2.75, 3.05) is 6.61 Å². The molecule has 0 radical (unpaired) electrons. The molecule has 2 aromatic heterocycles. The van der Waals surface area contributed by atoms with Gasteiger partial charge in [0.25, 0.3) is 0 Å². The Hall–Kier alpha value is -3.22. The van der Waals surface area contributed by atoms with E-state index in [-0.39, 0.29) is 12.4 Å². The number of nitrogens with one attached hydrogen (secondary N) is 1. The highest BCUT2D eigenvalue weighted by Crippen LogP contribution is 2.09. The lowest BCUT2D eigenvalue weighted by Crippen LogP contribution is -2.14. The van der Waals surface area contributed by atoms with Crippen LogP contribution in [-0.2, 0) is 4.74 Å². The Morgan fingerprint density at radius 1 is 1.18 bits per heavy atom. The molecule has 0 aliphatic carbocycles. The zero-order valence-corrected chi connectivity index (χ0v) is 11.5. The second-order valence-electron chi connectivity index (χ2n) is 4.47. The maximum atomic E-state index is 11.9. The quantitative estimate of drug-likeness (QED) is 0.571. The third-order valence-electron chi connectivity index (χ3n) is 3.02. The van der Waals surface area contributed by atoms with Crippen LogP contribution in [0.5, 0.6) is 0 Å². The number of Topliss-reactive ketones (excluding diaryl/α,β-unsaturated/α-hetero) is 1. The van der Waals surface area contributed by atoms with Gasteiger partial charge < -0.3 is 9.72 Å². The molecule has 0 aliphatic heterocycles. The lowest BCUT2D eigenvalue weighted by molar-refractivity contribution is 0.0473. The van der Waals surface area contributed by atoms with E-state index < -0.39 is 5.97 Å². The summed E-state index contributed by atoms with van der Waals surface area (Å²) in [5, 5.41) is 3.99. The van der Waals surface area contributed by atoms with Crippen LogP contribution in [0.4, 0.5) is 0 Å². The molecule has 1 N–H and O–H groups in total. The van der Waals surface area contributed by atoms with Crippen LogP contribution in [0.25, 0.3) is 5.69 Å². The first-order valence-corrected chi connectivity index (χ1v) is 6.53. The minimum Gasteiger partial charge on any atom is -0.454 e. The summed E-state index contributed by atoms with van der Waals surface area (Å²) in [5.41, 5.74) is 1.55. The molecule has 0 atom stereocenters. The molecule has 0 saturated carbocycles. The monoisotopic (exact) mass is 296 g/mol. The highest BCUT2D eigenvalue weighted by Gasteiger charge is 2.12. The number of hydrogen-bond acceptors (Lipinski definition) is 5. The van der Waals surface area contributed by atoms with Gasteiger partial charge in [0.05, 0.1) is 16.9 Å². The molecule has 7 nitrogen and oxygen atoms in total.